The van der Waals surface area contributed by atoms with Gasteiger partial charge in [-0.15, -0.1) is 6.42 Å². The van der Waals surface area contributed by atoms with Gasteiger partial charge in [0.15, 0.2) is 6.61 Å². The number of terminal acetylenes is 1. The molecule has 0 saturated heterocycles. The van der Waals surface area contributed by atoms with Crippen molar-refractivity contribution < 1.29 is 9.53 Å². The van der Waals surface area contributed by atoms with E-state index in [1.54, 1.807) is 24.3 Å². The lowest BCUT2D eigenvalue weighted by Gasteiger charge is -1.99. The molecule has 0 N–H and O–H groups in total. The van der Waals surface area contributed by atoms with E-state index in [-0.39, 0.29) is 6.61 Å². The average molecular weight is 195 g/mol. The fourth-order valence-electron chi connectivity index (χ4n) is 0.777. The van der Waals surface area contributed by atoms with Crippen LogP contribution in [0, 0.1) is 12.3 Å². The zero-order chi connectivity index (χ0) is 9.68. The summed E-state index contributed by atoms with van der Waals surface area (Å²) < 4.78 is 4.70. The van der Waals surface area contributed by atoms with Crippen LogP contribution in [-0.2, 0) is 4.74 Å². The van der Waals surface area contributed by atoms with Crippen molar-refractivity contribution in [1.82, 2.24) is 0 Å². The molecule has 0 heterocycles. The van der Waals surface area contributed by atoms with E-state index in [9.17, 15) is 4.79 Å². The molecule has 2 nitrogen and oxygen atoms in total. The van der Waals surface area contributed by atoms with E-state index in [0.29, 0.717) is 10.6 Å². The van der Waals surface area contributed by atoms with Crippen molar-refractivity contribution in [3.63, 3.8) is 0 Å². The average Bonchev–Trinajstić information content (AvgIpc) is 2.15. The molecule has 0 aromatic heterocycles. The standard InChI is InChI=1S/C10H7ClO2/c1-2-7-13-10(12)8-3-5-9(11)6-4-8/h1,3-6H,7H2. The molecule has 1 aromatic rings. The monoisotopic (exact) mass is 194 g/mol. The number of benzene rings is 1. The van der Waals surface area contributed by atoms with Gasteiger partial charge in [0.2, 0.25) is 0 Å². The van der Waals surface area contributed by atoms with Crippen LogP contribution in [0.3, 0.4) is 0 Å². The number of rotatable bonds is 2. The van der Waals surface area contributed by atoms with Gasteiger partial charge in [-0.3, -0.25) is 0 Å². The van der Waals surface area contributed by atoms with Gasteiger partial charge in [0, 0.05) is 5.02 Å². The fourth-order valence-corrected chi connectivity index (χ4v) is 0.903. The summed E-state index contributed by atoms with van der Waals surface area (Å²) in [6, 6.07) is 6.41. The summed E-state index contributed by atoms with van der Waals surface area (Å²) in [5, 5.41) is 0.577. The third kappa shape index (κ3) is 2.81. The summed E-state index contributed by atoms with van der Waals surface area (Å²) in [5.41, 5.74) is 0.444. The Labute approximate surface area is 81.5 Å². The summed E-state index contributed by atoms with van der Waals surface area (Å²) in [6.45, 7) is -0.0124. The maximum Gasteiger partial charge on any atom is 0.339 e. The second-order valence-corrected chi connectivity index (χ2v) is 2.72. The maximum absolute atomic E-state index is 11.2. The van der Waals surface area contributed by atoms with Crippen molar-refractivity contribution in [2.24, 2.45) is 0 Å². The minimum absolute atomic E-state index is 0.0124. The fraction of sp³-hybridized carbons (Fsp3) is 0.100. The lowest BCUT2D eigenvalue weighted by atomic mass is 10.2. The molecule has 1 aromatic carbocycles. The van der Waals surface area contributed by atoms with Gasteiger partial charge in [0.05, 0.1) is 5.56 Å². The minimum atomic E-state index is -0.436. The SMILES string of the molecule is C#CCOC(=O)c1ccc(Cl)cc1. The van der Waals surface area contributed by atoms with Crippen LogP contribution >= 0.6 is 11.6 Å². The van der Waals surface area contributed by atoms with Gasteiger partial charge in [-0.1, -0.05) is 17.5 Å². The van der Waals surface area contributed by atoms with Gasteiger partial charge in [0.1, 0.15) is 0 Å². The molecular formula is C10H7ClO2. The highest BCUT2D eigenvalue weighted by Crippen LogP contribution is 2.10. The van der Waals surface area contributed by atoms with Gasteiger partial charge >= 0.3 is 5.97 Å². The largest absolute Gasteiger partial charge is 0.449 e. The number of ether oxygens (including phenoxy) is 1. The van der Waals surface area contributed by atoms with E-state index in [1.165, 1.54) is 0 Å². The summed E-state index contributed by atoms with van der Waals surface area (Å²) in [5.74, 6) is 1.78. The first-order valence-electron chi connectivity index (χ1n) is 3.60. The van der Waals surface area contributed by atoms with Gasteiger partial charge in [-0.2, -0.15) is 0 Å². The first-order valence-corrected chi connectivity index (χ1v) is 3.98. The summed E-state index contributed by atoms with van der Waals surface area (Å²) in [6.07, 6.45) is 4.93. The molecule has 0 fully saturated rings. The molecule has 0 amide bonds. The van der Waals surface area contributed by atoms with E-state index < -0.39 is 5.97 Å². The van der Waals surface area contributed by atoms with Crippen LogP contribution in [0.2, 0.25) is 5.02 Å². The highest BCUT2D eigenvalue weighted by Gasteiger charge is 2.04. The second kappa shape index (κ2) is 4.54. The first-order chi connectivity index (χ1) is 6.24. The Balaban J connectivity index is 2.68. The van der Waals surface area contributed by atoms with Crippen LogP contribution in [0.15, 0.2) is 24.3 Å². The zero-order valence-corrected chi connectivity index (χ0v) is 7.54. The normalized spacial score (nSPS) is 8.92. The van der Waals surface area contributed by atoms with Crippen molar-refractivity contribution in [1.29, 1.82) is 0 Å². The Morgan fingerprint density at radius 3 is 2.62 bits per heavy atom. The van der Waals surface area contributed by atoms with Gasteiger partial charge in [-0.25, -0.2) is 4.79 Å². The summed E-state index contributed by atoms with van der Waals surface area (Å²) in [7, 11) is 0. The molecule has 0 atom stereocenters. The van der Waals surface area contributed by atoms with Crippen molar-refractivity contribution in [3.8, 4) is 12.3 Å². The predicted octanol–water partition coefficient (Wildman–Crippen LogP) is 2.13. The molecule has 0 radical (unpaired) electrons. The van der Waals surface area contributed by atoms with Crippen LogP contribution in [0.1, 0.15) is 10.4 Å². The number of esters is 1. The molecule has 66 valence electrons. The van der Waals surface area contributed by atoms with Crippen LogP contribution in [0.5, 0.6) is 0 Å². The van der Waals surface area contributed by atoms with Crippen molar-refractivity contribution in [3.05, 3.63) is 34.9 Å². The molecule has 0 spiro atoms. The highest BCUT2D eigenvalue weighted by molar-refractivity contribution is 6.30. The molecule has 0 aliphatic rings. The van der Waals surface area contributed by atoms with Crippen molar-refractivity contribution >= 4 is 17.6 Å². The Hall–Kier alpha value is -1.46. The van der Waals surface area contributed by atoms with Gasteiger partial charge in [-0.05, 0) is 24.3 Å². The number of carbonyl (C=O) groups is 1. The van der Waals surface area contributed by atoms with E-state index in [0.717, 1.165) is 0 Å². The van der Waals surface area contributed by atoms with Crippen LogP contribution < -0.4 is 0 Å². The highest BCUT2D eigenvalue weighted by atomic mass is 35.5. The molecule has 0 bridgehead atoms. The quantitative estimate of drug-likeness (QED) is 0.533. The third-order valence-electron chi connectivity index (χ3n) is 1.37. The second-order valence-electron chi connectivity index (χ2n) is 2.29. The summed E-state index contributed by atoms with van der Waals surface area (Å²) >= 11 is 5.64. The topological polar surface area (TPSA) is 26.3 Å². The molecule has 1 rings (SSSR count). The molecule has 0 saturated carbocycles. The van der Waals surface area contributed by atoms with E-state index in [2.05, 4.69) is 5.92 Å². The van der Waals surface area contributed by atoms with Crippen molar-refractivity contribution in [2.75, 3.05) is 6.61 Å². The van der Waals surface area contributed by atoms with E-state index in [1.807, 2.05) is 0 Å². The van der Waals surface area contributed by atoms with Gasteiger partial charge < -0.3 is 4.74 Å². The molecular weight excluding hydrogens is 188 g/mol. The number of hydrogen-bond acceptors (Lipinski definition) is 2. The Morgan fingerprint density at radius 1 is 1.46 bits per heavy atom. The van der Waals surface area contributed by atoms with Crippen LogP contribution in [-0.4, -0.2) is 12.6 Å². The van der Waals surface area contributed by atoms with Crippen LogP contribution in [0.25, 0.3) is 0 Å². The molecule has 3 heteroatoms. The lowest BCUT2D eigenvalue weighted by Crippen LogP contribution is -2.04. The first kappa shape index (κ1) is 9.63. The summed E-state index contributed by atoms with van der Waals surface area (Å²) in [4.78, 5) is 11.2. The molecule has 0 aliphatic carbocycles. The zero-order valence-electron chi connectivity index (χ0n) is 6.79. The maximum atomic E-state index is 11.2. The van der Waals surface area contributed by atoms with Crippen molar-refractivity contribution in [2.45, 2.75) is 0 Å². The van der Waals surface area contributed by atoms with E-state index in [4.69, 9.17) is 22.8 Å². The minimum Gasteiger partial charge on any atom is -0.449 e. The Morgan fingerprint density at radius 2 is 2.08 bits per heavy atom. The Bertz CT molecular complexity index is 335. The van der Waals surface area contributed by atoms with E-state index >= 15 is 0 Å². The molecule has 13 heavy (non-hydrogen) atoms. The molecule has 0 unspecified atom stereocenters. The Kier molecular flexibility index (Phi) is 3.36. The smallest absolute Gasteiger partial charge is 0.339 e. The third-order valence-corrected chi connectivity index (χ3v) is 1.62. The van der Waals surface area contributed by atoms with Gasteiger partial charge in [0.25, 0.3) is 0 Å². The van der Waals surface area contributed by atoms with Crippen LogP contribution in [0.4, 0.5) is 0 Å². The molecule has 0 aliphatic heterocycles. The number of halogens is 1. The predicted molar refractivity (Wildman–Crippen MR) is 50.6 cm³/mol. The number of carbonyl (C=O) groups excluding carboxylic acids is 1. The lowest BCUT2D eigenvalue weighted by molar-refractivity contribution is 0.0557. The number of hydrogen-bond donors (Lipinski definition) is 0.